The number of hydrogen-bond donors (Lipinski definition) is 0. The van der Waals surface area contributed by atoms with E-state index in [-0.39, 0.29) is 0 Å². The third kappa shape index (κ3) is 2.98. The van der Waals surface area contributed by atoms with Crippen LogP contribution in [0.2, 0.25) is 0 Å². The summed E-state index contributed by atoms with van der Waals surface area (Å²) in [5, 5.41) is 7.27. The average molecular weight is 588 g/mol. The molecule has 0 radical (unpaired) electrons. The minimum Gasteiger partial charge on any atom is -0.456 e. The number of nitrogens with zero attached hydrogens (tertiary/aromatic N) is 3. The second-order valence-corrected chi connectivity index (χ2v) is 12.2. The third-order valence-electron chi connectivity index (χ3n) is 9.80. The lowest BCUT2D eigenvalue weighted by Crippen LogP contribution is -1.98. The summed E-state index contributed by atoms with van der Waals surface area (Å²) < 4.78 is 13.8. The molecule has 214 valence electrons. The summed E-state index contributed by atoms with van der Waals surface area (Å²) in [5.41, 5.74) is 12.3. The Hall–Kier alpha value is -6.26. The van der Waals surface area contributed by atoms with Gasteiger partial charge >= 0.3 is 0 Å². The third-order valence-corrected chi connectivity index (χ3v) is 9.80. The lowest BCUT2D eigenvalue weighted by atomic mass is 10.1. The van der Waals surface area contributed by atoms with Crippen molar-refractivity contribution < 1.29 is 4.42 Å². The molecule has 4 aromatic heterocycles. The number of furan rings is 1. The van der Waals surface area contributed by atoms with Crippen molar-refractivity contribution in [3.05, 3.63) is 152 Å². The van der Waals surface area contributed by atoms with E-state index >= 15 is 0 Å². The first-order valence-corrected chi connectivity index (χ1v) is 15.7. The predicted octanol–water partition coefficient (Wildman–Crippen LogP) is 11.2. The molecule has 0 atom stereocenters. The Bertz CT molecular complexity index is 2950. The van der Waals surface area contributed by atoms with E-state index in [1.807, 2.05) is 0 Å². The van der Waals surface area contributed by atoms with Gasteiger partial charge in [0.05, 0.1) is 38.5 Å². The summed E-state index contributed by atoms with van der Waals surface area (Å²) in [4.78, 5) is 0. The second kappa shape index (κ2) is 8.68. The smallest absolute Gasteiger partial charge is 0.137 e. The van der Waals surface area contributed by atoms with Crippen molar-refractivity contribution in [1.29, 1.82) is 0 Å². The van der Waals surface area contributed by atoms with Crippen LogP contribution >= 0.6 is 0 Å². The van der Waals surface area contributed by atoms with Gasteiger partial charge in [-0.15, -0.1) is 0 Å². The van der Waals surface area contributed by atoms with E-state index in [1.165, 1.54) is 54.5 Å². The van der Waals surface area contributed by atoms with Crippen LogP contribution in [0.4, 0.5) is 0 Å². The van der Waals surface area contributed by atoms with Gasteiger partial charge < -0.3 is 18.1 Å². The Kier molecular flexibility index (Phi) is 4.55. The van der Waals surface area contributed by atoms with E-state index in [4.69, 9.17) is 4.42 Å². The summed E-state index contributed by atoms with van der Waals surface area (Å²) >= 11 is 0. The van der Waals surface area contributed by atoms with Crippen molar-refractivity contribution in [2.45, 2.75) is 0 Å². The summed E-state index contributed by atoms with van der Waals surface area (Å²) in [7, 11) is 0. The molecule has 0 aliphatic rings. The SMILES string of the molecule is c1ccc(-n2c3ccccc3c3cc(-n4c5cccc6oc7ccc8c(c7c65)c5c4cccc5n8-c4ccccc4)ccc32)cc1. The maximum absolute atomic E-state index is 6.56. The lowest BCUT2D eigenvalue weighted by molar-refractivity contribution is 0.669. The van der Waals surface area contributed by atoms with Gasteiger partial charge in [0.2, 0.25) is 0 Å². The van der Waals surface area contributed by atoms with Gasteiger partial charge in [-0.2, -0.15) is 0 Å². The van der Waals surface area contributed by atoms with Crippen LogP contribution < -0.4 is 0 Å². The quantitative estimate of drug-likeness (QED) is 0.202. The fraction of sp³-hybridized carbons (Fsp3) is 0. The highest BCUT2D eigenvalue weighted by Crippen LogP contribution is 2.46. The molecule has 46 heavy (non-hydrogen) atoms. The highest BCUT2D eigenvalue weighted by molar-refractivity contribution is 6.33. The molecule has 0 N–H and O–H groups in total. The molecule has 4 nitrogen and oxygen atoms in total. The molecule has 0 spiro atoms. The van der Waals surface area contributed by atoms with Crippen molar-refractivity contribution in [3.63, 3.8) is 0 Å². The largest absolute Gasteiger partial charge is 0.456 e. The van der Waals surface area contributed by atoms with Gasteiger partial charge in [0.25, 0.3) is 0 Å². The van der Waals surface area contributed by atoms with Crippen LogP contribution in [0.5, 0.6) is 0 Å². The van der Waals surface area contributed by atoms with E-state index in [0.29, 0.717) is 0 Å². The van der Waals surface area contributed by atoms with Crippen LogP contribution in [0.3, 0.4) is 0 Å². The normalized spacial score (nSPS) is 12.3. The first-order chi connectivity index (χ1) is 22.8. The molecule has 7 aromatic carbocycles. The summed E-state index contributed by atoms with van der Waals surface area (Å²) in [6.45, 7) is 0. The first kappa shape index (κ1) is 24.1. The van der Waals surface area contributed by atoms with E-state index < -0.39 is 0 Å². The van der Waals surface area contributed by atoms with Crippen molar-refractivity contribution in [1.82, 2.24) is 13.7 Å². The van der Waals surface area contributed by atoms with Crippen molar-refractivity contribution in [3.8, 4) is 17.1 Å². The molecule has 11 rings (SSSR count). The van der Waals surface area contributed by atoms with Crippen molar-refractivity contribution >= 4 is 76.6 Å². The summed E-state index contributed by atoms with van der Waals surface area (Å²) in [6, 6.07) is 54.5. The highest BCUT2D eigenvalue weighted by Gasteiger charge is 2.24. The minimum atomic E-state index is 0.903. The maximum Gasteiger partial charge on any atom is 0.137 e. The van der Waals surface area contributed by atoms with Crippen LogP contribution in [0.15, 0.2) is 156 Å². The van der Waals surface area contributed by atoms with Gasteiger partial charge in [-0.1, -0.05) is 66.7 Å². The molecule has 11 aromatic rings. The monoisotopic (exact) mass is 587 g/mol. The standard InChI is InChI=1S/C42H25N3O/c1-3-11-26(12-4-1)43-31-16-8-7-15-29(31)30-25-28(21-22-32(30)43)45-34-18-9-17-33-39(34)41-36(44(33)27-13-5-2-6-14-27)23-24-38-42(41)40-35(45)19-10-20-37(40)46-38/h1-25H. The molecule has 0 aliphatic heterocycles. The summed E-state index contributed by atoms with van der Waals surface area (Å²) in [6.07, 6.45) is 0. The zero-order chi connectivity index (χ0) is 29.9. The molecule has 0 aliphatic carbocycles. The first-order valence-electron chi connectivity index (χ1n) is 15.7. The fourth-order valence-corrected chi connectivity index (χ4v) is 8.01. The molecule has 0 saturated heterocycles. The topological polar surface area (TPSA) is 27.9 Å². The Balaban J connectivity index is 1.34. The molecule has 0 amide bonds. The molecule has 4 heteroatoms. The molecule has 4 heterocycles. The Morgan fingerprint density at radius 2 is 0.826 bits per heavy atom. The molecule has 0 saturated carbocycles. The number of para-hydroxylation sites is 3. The van der Waals surface area contributed by atoms with Gasteiger partial charge in [-0.3, -0.25) is 0 Å². The zero-order valence-electron chi connectivity index (χ0n) is 24.7. The number of fused-ring (bicyclic) bond motifs is 3. The van der Waals surface area contributed by atoms with Gasteiger partial charge in [0, 0.05) is 44.0 Å². The average Bonchev–Trinajstić information content (AvgIpc) is 3.74. The van der Waals surface area contributed by atoms with Gasteiger partial charge in [0.15, 0.2) is 0 Å². The minimum absolute atomic E-state index is 0.903. The number of rotatable bonds is 3. The highest BCUT2D eigenvalue weighted by atomic mass is 16.3. The van der Waals surface area contributed by atoms with E-state index in [1.54, 1.807) is 0 Å². The van der Waals surface area contributed by atoms with Crippen molar-refractivity contribution in [2.75, 3.05) is 0 Å². The van der Waals surface area contributed by atoms with E-state index in [2.05, 4.69) is 165 Å². The Labute approximate surface area is 262 Å². The number of benzene rings is 7. The van der Waals surface area contributed by atoms with Crippen LogP contribution in [0.1, 0.15) is 0 Å². The van der Waals surface area contributed by atoms with E-state index in [9.17, 15) is 0 Å². The Morgan fingerprint density at radius 1 is 0.304 bits per heavy atom. The zero-order valence-corrected chi connectivity index (χ0v) is 24.7. The number of hydrogen-bond acceptors (Lipinski definition) is 1. The molecule has 0 unspecified atom stereocenters. The van der Waals surface area contributed by atoms with Gasteiger partial charge in [-0.25, -0.2) is 0 Å². The van der Waals surface area contributed by atoms with Crippen LogP contribution in [0, 0.1) is 0 Å². The van der Waals surface area contributed by atoms with E-state index in [0.717, 1.165) is 39.1 Å². The molecule has 0 bridgehead atoms. The van der Waals surface area contributed by atoms with Crippen LogP contribution in [0.25, 0.3) is 93.6 Å². The van der Waals surface area contributed by atoms with Crippen LogP contribution in [-0.2, 0) is 0 Å². The van der Waals surface area contributed by atoms with Crippen molar-refractivity contribution in [2.24, 2.45) is 0 Å². The molecular formula is C42H25N3O. The maximum atomic E-state index is 6.56. The number of aromatic nitrogens is 3. The Morgan fingerprint density at radius 3 is 1.59 bits per heavy atom. The van der Waals surface area contributed by atoms with Gasteiger partial charge in [0.1, 0.15) is 11.2 Å². The lowest BCUT2D eigenvalue weighted by Gasteiger charge is -2.14. The fourth-order valence-electron chi connectivity index (χ4n) is 8.01. The predicted molar refractivity (Wildman–Crippen MR) is 190 cm³/mol. The van der Waals surface area contributed by atoms with Crippen LogP contribution in [-0.4, -0.2) is 13.7 Å². The van der Waals surface area contributed by atoms with Gasteiger partial charge in [-0.05, 0) is 84.9 Å². The summed E-state index contributed by atoms with van der Waals surface area (Å²) in [5.74, 6) is 0. The molecular weight excluding hydrogens is 562 g/mol. The molecule has 0 fully saturated rings. The second-order valence-electron chi connectivity index (χ2n) is 12.2.